The molecule has 0 spiro atoms. The first-order chi connectivity index (χ1) is 21.0. The van der Waals surface area contributed by atoms with Crippen LogP contribution in [0.3, 0.4) is 0 Å². The van der Waals surface area contributed by atoms with Gasteiger partial charge in [0.15, 0.2) is 5.82 Å². The first kappa shape index (κ1) is 31.3. The van der Waals surface area contributed by atoms with Gasteiger partial charge in [0.25, 0.3) is 5.56 Å². The number of anilines is 2. The van der Waals surface area contributed by atoms with Gasteiger partial charge in [0, 0.05) is 35.5 Å². The lowest BCUT2D eigenvalue weighted by atomic mass is 10.1. The summed E-state index contributed by atoms with van der Waals surface area (Å²) in [5.41, 5.74) is 8.50. The molecule has 0 radical (unpaired) electrons. The number of aromatic nitrogens is 2. The van der Waals surface area contributed by atoms with E-state index in [0.29, 0.717) is 28.3 Å². The van der Waals surface area contributed by atoms with Crippen LogP contribution in [0.1, 0.15) is 30.5 Å². The summed E-state index contributed by atoms with van der Waals surface area (Å²) in [5, 5.41) is 26.7. The number of amidine groups is 1. The van der Waals surface area contributed by atoms with E-state index in [9.17, 15) is 19.5 Å². The monoisotopic (exact) mass is 597 g/mol. The van der Waals surface area contributed by atoms with Crippen LogP contribution < -0.4 is 32.0 Å². The van der Waals surface area contributed by atoms with Crippen molar-refractivity contribution >= 4 is 29.2 Å². The molecule has 0 saturated heterocycles. The molecule has 0 atom stereocenters. The maximum absolute atomic E-state index is 13.3. The number of methoxy groups -OCH3 is 1. The molecule has 3 aromatic carbocycles. The van der Waals surface area contributed by atoms with Crippen LogP contribution in [0.25, 0.3) is 11.3 Å². The summed E-state index contributed by atoms with van der Waals surface area (Å²) < 4.78 is 6.40. The lowest BCUT2D eigenvalue weighted by Crippen LogP contribution is -2.35. The third kappa shape index (κ3) is 8.22. The number of benzene rings is 3. The number of nitrogens with two attached hydrogens (primary N) is 1. The van der Waals surface area contributed by atoms with E-state index in [0.717, 1.165) is 11.1 Å². The predicted octanol–water partition coefficient (Wildman–Crippen LogP) is 3.03. The van der Waals surface area contributed by atoms with Crippen LogP contribution >= 0.6 is 0 Å². The summed E-state index contributed by atoms with van der Waals surface area (Å²) >= 11 is 0. The Morgan fingerprint density at radius 1 is 1.02 bits per heavy atom. The SMILES string of the molecule is COc1ccc(CC(=O)NC(=N)c2ccc(CNC(=O)Cn3c(-c4cc(N)cc(O)c4)cnc(NC(C)C)c3=O)cc2)cc1. The first-order valence-electron chi connectivity index (χ1n) is 13.9. The molecule has 1 aromatic heterocycles. The van der Waals surface area contributed by atoms with Gasteiger partial charge in [0.2, 0.25) is 11.8 Å². The molecular formula is C32H35N7O5. The van der Waals surface area contributed by atoms with Gasteiger partial charge in [0.1, 0.15) is 23.9 Å². The summed E-state index contributed by atoms with van der Waals surface area (Å²) in [4.78, 5) is 42.9. The van der Waals surface area contributed by atoms with Crippen molar-refractivity contribution < 1.29 is 19.4 Å². The van der Waals surface area contributed by atoms with Crippen molar-refractivity contribution in [2.45, 2.75) is 39.4 Å². The minimum absolute atomic E-state index is 0.0397. The number of carbonyl (C=O) groups is 2. The minimum atomic E-state index is -0.495. The summed E-state index contributed by atoms with van der Waals surface area (Å²) in [6.45, 7) is 3.60. The molecule has 12 nitrogen and oxygen atoms in total. The number of rotatable bonds is 11. The summed E-state index contributed by atoms with van der Waals surface area (Å²) in [6, 6.07) is 18.3. The fourth-order valence-corrected chi connectivity index (χ4v) is 4.40. The average molecular weight is 598 g/mol. The highest BCUT2D eigenvalue weighted by molar-refractivity contribution is 6.06. The van der Waals surface area contributed by atoms with Gasteiger partial charge in [0.05, 0.1) is 25.4 Å². The normalized spacial score (nSPS) is 10.7. The summed E-state index contributed by atoms with van der Waals surface area (Å²) in [7, 11) is 1.57. The molecule has 0 unspecified atom stereocenters. The molecule has 0 saturated carbocycles. The first-order valence-corrected chi connectivity index (χ1v) is 13.9. The van der Waals surface area contributed by atoms with E-state index in [2.05, 4.69) is 20.9 Å². The zero-order valence-corrected chi connectivity index (χ0v) is 24.7. The van der Waals surface area contributed by atoms with Crippen molar-refractivity contribution in [1.29, 1.82) is 5.41 Å². The van der Waals surface area contributed by atoms with Gasteiger partial charge in [-0.1, -0.05) is 36.4 Å². The number of phenols is 1. The second kappa shape index (κ2) is 14.0. The van der Waals surface area contributed by atoms with Gasteiger partial charge in [-0.3, -0.25) is 24.4 Å². The molecule has 12 heteroatoms. The zero-order valence-electron chi connectivity index (χ0n) is 24.7. The van der Waals surface area contributed by atoms with Crippen LogP contribution in [0.2, 0.25) is 0 Å². The van der Waals surface area contributed by atoms with E-state index >= 15 is 0 Å². The topological polar surface area (TPSA) is 184 Å². The van der Waals surface area contributed by atoms with E-state index in [-0.39, 0.29) is 48.9 Å². The number of hydrogen-bond donors (Lipinski definition) is 6. The van der Waals surface area contributed by atoms with Crippen molar-refractivity contribution in [2.24, 2.45) is 0 Å². The highest BCUT2D eigenvalue weighted by Gasteiger charge is 2.17. The largest absolute Gasteiger partial charge is 0.508 e. The summed E-state index contributed by atoms with van der Waals surface area (Å²) in [5.74, 6) is -0.0727. The Kier molecular flexibility index (Phi) is 9.96. The molecule has 7 N–H and O–H groups in total. The van der Waals surface area contributed by atoms with E-state index in [1.807, 2.05) is 13.8 Å². The number of nitrogens with one attached hydrogen (secondary N) is 4. The number of phenolic OH excluding ortho intramolecular Hbond substituents is 1. The van der Waals surface area contributed by atoms with Crippen LogP contribution in [-0.4, -0.2) is 45.5 Å². The molecular weight excluding hydrogens is 562 g/mol. The molecule has 0 aliphatic carbocycles. The predicted molar refractivity (Wildman–Crippen MR) is 169 cm³/mol. The molecule has 1 heterocycles. The quantitative estimate of drug-likeness (QED) is 0.0865. The number of nitrogens with zero attached hydrogens (tertiary/aromatic N) is 2. The van der Waals surface area contributed by atoms with Gasteiger partial charge >= 0.3 is 0 Å². The van der Waals surface area contributed by atoms with Crippen molar-refractivity contribution in [3.8, 4) is 22.8 Å². The third-order valence-corrected chi connectivity index (χ3v) is 6.54. The van der Waals surface area contributed by atoms with Crippen LogP contribution in [0, 0.1) is 5.41 Å². The van der Waals surface area contributed by atoms with Crippen LogP contribution in [-0.2, 0) is 29.1 Å². The highest BCUT2D eigenvalue weighted by atomic mass is 16.5. The van der Waals surface area contributed by atoms with Gasteiger partial charge in [-0.15, -0.1) is 0 Å². The smallest absolute Gasteiger partial charge is 0.294 e. The van der Waals surface area contributed by atoms with Crippen molar-refractivity contribution in [2.75, 3.05) is 18.2 Å². The number of ether oxygens (including phenoxy) is 1. The number of nitrogen functional groups attached to an aromatic ring is 1. The van der Waals surface area contributed by atoms with E-state index in [1.54, 1.807) is 61.7 Å². The Morgan fingerprint density at radius 3 is 2.34 bits per heavy atom. The number of amides is 2. The van der Waals surface area contributed by atoms with E-state index in [4.69, 9.17) is 15.9 Å². The van der Waals surface area contributed by atoms with Crippen molar-refractivity contribution in [3.05, 3.63) is 100.0 Å². The van der Waals surface area contributed by atoms with Crippen LogP contribution in [0.5, 0.6) is 11.5 Å². The Balaban J connectivity index is 1.40. The molecule has 0 fully saturated rings. The molecule has 0 bridgehead atoms. The lowest BCUT2D eigenvalue weighted by Gasteiger charge is -2.16. The maximum Gasteiger partial charge on any atom is 0.294 e. The third-order valence-electron chi connectivity index (χ3n) is 6.54. The van der Waals surface area contributed by atoms with Crippen LogP contribution in [0.15, 0.2) is 77.7 Å². The van der Waals surface area contributed by atoms with E-state index in [1.165, 1.54) is 22.9 Å². The number of hydrogen-bond acceptors (Lipinski definition) is 9. The molecule has 0 aliphatic heterocycles. The standard InChI is InChI=1S/C32H35N7O5/c1-19(2)37-31-32(43)39(27(17-36-31)23-13-24(33)15-25(40)14-23)18-29(42)35-16-21-4-8-22(9-5-21)30(34)38-28(41)12-20-6-10-26(44-3)11-7-20/h4-11,13-15,17,19,40H,12,16,18,33H2,1-3H3,(H,35,42)(H,36,37)(H2,34,38,41). The lowest BCUT2D eigenvalue weighted by molar-refractivity contribution is -0.122. The molecule has 0 aliphatic rings. The van der Waals surface area contributed by atoms with Gasteiger partial charge in [-0.05, 0) is 49.2 Å². The average Bonchev–Trinajstić information content (AvgIpc) is 2.98. The van der Waals surface area contributed by atoms with Crippen molar-refractivity contribution in [3.63, 3.8) is 0 Å². The minimum Gasteiger partial charge on any atom is -0.508 e. The Bertz CT molecular complexity index is 1690. The number of carbonyl (C=O) groups excluding carboxylic acids is 2. The Morgan fingerprint density at radius 2 is 1.70 bits per heavy atom. The van der Waals surface area contributed by atoms with Crippen molar-refractivity contribution in [1.82, 2.24) is 20.2 Å². The second-order valence-electron chi connectivity index (χ2n) is 10.4. The molecule has 228 valence electrons. The fourth-order valence-electron chi connectivity index (χ4n) is 4.40. The number of aromatic hydroxyl groups is 1. The molecule has 4 aromatic rings. The van der Waals surface area contributed by atoms with Gasteiger partial charge < -0.3 is 31.5 Å². The Hall–Kier alpha value is -5.65. The van der Waals surface area contributed by atoms with Gasteiger partial charge in [-0.25, -0.2) is 4.98 Å². The Labute approximate surface area is 254 Å². The second-order valence-corrected chi connectivity index (χ2v) is 10.4. The highest BCUT2D eigenvalue weighted by Crippen LogP contribution is 2.26. The molecule has 2 amide bonds. The maximum atomic E-state index is 13.3. The zero-order chi connectivity index (χ0) is 31.8. The molecule has 4 rings (SSSR count). The van der Waals surface area contributed by atoms with Crippen LogP contribution in [0.4, 0.5) is 11.5 Å². The summed E-state index contributed by atoms with van der Waals surface area (Å²) in [6.07, 6.45) is 1.57. The fraction of sp³-hybridized carbons (Fsp3) is 0.219. The van der Waals surface area contributed by atoms with Gasteiger partial charge in [-0.2, -0.15) is 0 Å². The van der Waals surface area contributed by atoms with E-state index < -0.39 is 11.5 Å². The molecule has 44 heavy (non-hydrogen) atoms.